The fourth-order valence-electron chi connectivity index (χ4n) is 1.42. The molecule has 1 nitrogen and oxygen atoms in total. The SMILES string of the molecule is FC(F)Oc1cccc(C#Cc2ccccc2)c1. The van der Waals surface area contributed by atoms with Gasteiger partial charge in [0, 0.05) is 11.1 Å². The van der Waals surface area contributed by atoms with Crippen molar-refractivity contribution in [1.29, 1.82) is 0 Å². The summed E-state index contributed by atoms with van der Waals surface area (Å²) < 4.78 is 28.4. The predicted octanol–water partition coefficient (Wildman–Crippen LogP) is 3.69. The van der Waals surface area contributed by atoms with Crippen molar-refractivity contribution in [2.75, 3.05) is 0 Å². The van der Waals surface area contributed by atoms with E-state index in [2.05, 4.69) is 16.6 Å². The highest BCUT2D eigenvalue weighted by atomic mass is 19.3. The Morgan fingerprint density at radius 1 is 0.833 bits per heavy atom. The standard InChI is InChI=1S/C15H10F2O/c16-15(17)18-14-8-4-7-13(11-14)10-9-12-5-2-1-3-6-12/h1-8,11,15H. The van der Waals surface area contributed by atoms with E-state index in [1.165, 1.54) is 12.1 Å². The summed E-state index contributed by atoms with van der Waals surface area (Å²) in [5.74, 6) is 5.96. The molecule has 3 heteroatoms. The lowest BCUT2D eigenvalue weighted by molar-refractivity contribution is -0.0498. The summed E-state index contributed by atoms with van der Waals surface area (Å²) in [4.78, 5) is 0. The van der Waals surface area contributed by atoms with E-state index in [-0.39, 0.29) is 5.75 Å². The molecule has 0 spiro atoms. The Bertz CT molecular complexity index is 568. The second-order valence-electron chi connectivity index (χ2n) is 3.52. The molecule has 0 N–H and O–H groups in total. The zero-order chi connectivity index (χ0) is 12.8. The second kappa shape index (κ2) is 5.83. The number of hydrogen-bond donors (Lipinski definition) is 0. The number of ether oxygens (including phenoxy) is 1. The van der Waals surface area contributed by atoms with Crippen molar-refractivity contribution in [2.45, 2.75) is 6.61 Å². The molecule has 2 aromatic rings. The Kier molecular flexibility index (Phi) is 3.93. The number of alkyl halides is 2. The lowest BCUT2D eigenvalue weighted by Gasteiger charge is -2.03. The Morgan fingerprint density at radius 2 is 1.50 bits per heavy atom. The van der Waals surface area contributed by atoms with Gasteiger partial charge in [-0.05, 0) is 30.3 Å². The predicted molar refractivity (Wildman–Crippen MR) is 65.5 cm³/mol. The van der Waals surface area contributed by atoms with E-state index >= 15 is 0 Å². The Labute approximate surface area is 104 Å². The summed E-state index contributed by atoms with van der Waals surface area (Å²) in [7, 11) is 0. The average Bonchev–Trinajstić information content (AvgIpc) is 2.37. The largest absolute Gasteiger partial charge is 0.435 e. The van der Waals surface area contributed by atoms with Crippen LogP contribution in [0.3, 0.4) is 0 Å². The molecular weight excluding hydrogens is 234 g/mol. The van der Waals surface area contributed by atoms with Crippen LogP contribution in [0.4, 0.5) is 8.78 Å². The number of benzene rings is 2. The zero-order valence-corrected chi connectivity index (χ0v) is 9.44. The van der Waals surface area contributed by atoms with Crippen LogP contribution >= 0.6 is 0 Å². The number of halogens is 2. The molecule has 0 atom stereocenters. The third-order valence-corrected chi connectivity index (χ3v) is 2.18. The second-order valence-corrected chi connectivity index (χ2v) is 3.52. The lowest BCUT2D eigenvalue weighted by Crippen LogP contribution is -2.01. The van der Waals surface area contributed by atoms with Crippen molar-refractivity contribution in [3.05, 3.63) is 65.7 Å². The smallest absolute Gasteiger partial charge is 0.387 e. The van der Waals surface area contributed by atoms with Crippen molar-refractivity contribution >= 4 is 0 Å². The molecule has 0 heterocycles. The third-order valence-electron chi connectivity index (χ3n) is 2.18. The van der Waals surface area contributed by atoms with Gasteiger partial charge in [0.05, 0.1) is 0 Å². The molecule has 0 bridgehead atoms. The van der Waals surface area contributed by atoms with Gasteiger partial charge in [-0.15, -0.1) is 0 Å². The van der Waals surface area contributed by atoms with Crippen LogP contribution in [0.1, 0.15) is 11.1 Å². The molecule has 0 fully saturated rings. The van der Waals surface area contributed by atoms with E-state index in [1.807, 2.05) is 30.3 Å². The van der Waals surface area contributed by atoms with Crippen molar-refractivity contribution in [3.63, 3.8) is 0 Å². The van der Waals surface area contributed by atoms with Gasteiger partial charge in [-0.3, -0.25) is 0 Å². The van der Waals surface area contributed by atoms with Crippen LogP contribution < -0.4 is 4.74 Å². The van der Waals surface area contributed by atoms with E-state index in [0.29, 0.717) is 5.56 Å². The maximum absolute atomic E-state index is 12.0. The number of rotatable bonds is 2. The Morgan fingerprint density at radius 3 is 2.22 bits per heavy atom. The van der Waals surface area contributed by atoms with Crippen LogP contribution in [0.25, 0.3) is 0 Å². The molecule has 0 radical (unpaired) electrons. The van der Waals surface area contributed by atoms with Crippen molar-refractivity contribution in [3.8, 4) is 17.6 Å². The maximum atomic E-state index is 12.0. The van der Waals surface area contributed by atoms with E-state index in [9.17, 15) is 8.78 Å². The minimum Gasteiger partial charge on any atom is -0.435 e. The Hall–Kier alpha value is -2.34. The first-order valence-electron chi connectivity index (χ1n) is 5.36. The summed E-state index contributed by atoms with van der Waals surface area (Å²) in [5.41, 5.74) is 1.51. The van der Waals surface area contributed by atoms with E-state index < -0.39 is 6.61 Å². The van der Waals surface area contributed by atoms with Crippen LogP contribution in [0, 0.1) is 11.8 Å². The van der Waals surface area contributed by atoms with Crippen molar-refractivity contribution in [1.82, 2.24) is 0 Å². The summed E-state index contributed by atoms with van der Waals surface area (Å²) in [6.45, 7) is -2.82. The first-order valence-corrected chi connectivity index (χ1v) is 5.36. The van der Waals surface area contributed by atoms with Crippen molar-refractivity contribution < 1.29 is 13.5 Å². The van der Waals surface area contributed by atoms with Crippen LogP contribution in [0.5, 0.6) is 5.75 Å². The summed E-state index contributed by atoms with van der Waals surface area (Å²) in [5, 5.41) is 0. The Balaban J connectivity index is 2.17. The summed E-state index contributed by atoms with van der Waals surface area (Å²) in [6.07, 6.45) is 0. The minimum absolute atomic E-state index is 0.116. The topological polar surface area (TPSA) is 9.23 Å². The minimum atomic E-state index is -2.82. The summed E-state index contributed by atoms with van der Waals surface area (Å²) >= 11 is 0. The van der Waals surface area contributed by atoms with Crippen LogP contribution in [-0.4, -0.2) is 6.61 Å². The molecule has 0 amide bonds. The van der Waals surface area contributed by atoms with Crippen molar-refractivity contribution in [2.24, 2.45) is 0 Å². The normalized spacial score (nSPS) is 9.72. The molecule has 90 valence electrons. The fourth-order valence-corrected chi connectivity index (χ4v) is 1.42. The average molecular weight is 244 g/mol. The first kappa shape index (κ1) is 12.1. The molecule has 0 unspecified atom stereocenters. The fraction of sp³-hybridized carbons (Fsp3) is 0.0667. The van der Waals surface area contributed by atoms with Crippen LogP contribution in [-0.2, 0) is 0 Å². The van der Waals surface area contributed by atoms with Gasteiger partial charge >= 0.3 is 6.61 Å². The molecule has 2 rings (SSSR count). The van der Waals surface area contributed by atoms with Gasteiger partial charge in [-0.2, -0.15) is 8.78 Å². The first-order chi connectivity index (χ1) is 8.74. The van der Waals surface area contributed by atoms with E-state index in [4.69, 9.17) is 0 Å². The maximum Gasteiger partial charge on any atom is 0.387 e. The highest BCUT2D eigenvalue weighted by Gasteiger charge is 2.03. The molecule has 0 saturated heterocycles. The molecular formula is C15H10F2O. The van der Waals surface area contributed by atoms with E-state index in [0.717, 1.165) is 5.56 Å². The van der Waals surface area contributed by atoms with Gasteiger partial charge < -0.3 is 4.74 Å². The summed E-state index contributed by atoms with van der Waals surface area (Å²) in [6, 6.07) is 15.8. The molecule has 2 aromatic carbocycles. The highest BCUT2D eigenvalue weighted by molar-refractivity contribution is 5.45. The highest BCUT2D eigenvalue weighted by Crippen LogP contribution is 2.15. The monoisotopic (exact) mass is 244 g/mol. The zero-order valence-electron chi connectivity index (χ0n) is 9.44. The third kappa shape index (κ3) is 3.60. The van der Waals surface area contributed by atoms with Gasteiger partial charge in [0.25, 0.3) is 0 Å². The van der Waals surface area contributed by atoms with Crippen LogP contribution in [0.2, 0.25) is 0 Å². The molecule has 0 aromatic heterocycles. The molecule has 0 aliphatic heterocycles. The van der Waals surface area contributed by atoms with Gasteiger partial charge in [-0.1, -0.05) is 36.1 Å². The quantitative estimate of drug-likeness (QED) is 0.732. The lowest BCUT2D eigenvalue weighted by atomic mass is 10.2. The van der Waals surface area contributed by atoms with Crippen LogP contribution in [0.15, 0.2) is 54.6 Å². The molecule has 0 aliphatic carbocycles. The van der Waals surface area contributed by atoms with Gasteiger partial charge in [0.15, 0.2) is 0 Å². The molecule has 18 heavy (non-hydrogen) atoms. The number of hydrogen-bond acceptors (Lipinski definition) is 1. The molecule has 0 saturated carbocycles. The van der Waals surface area contributed by atoms with Gasteiger partial charge in [0.1, 0.15) is 5.75 Å². The molecule has 0 aliphatic rings. The van der Waals surface area contributed by atoms with Gasteiger partial charge in [0.2, 0.25) is 0 Å². The van der Waals surface area contributed by atoms with Gasteiger partial charge in [-0.25, -0.2) is 0 Å². The van der Waals surface area contributed by atoms with E-state index in [1.54, 1.807) is 12.1 Å².